The summed E-state index contributed by atoms with van der Waals surface area (Å²) in [6, 6.07) is 6.46. The van der Waals surface area contributed by atoms with Gasteiger partial charge in [0.25, 0.3) is 10.0 Å². The Bertz CT molecular complexity index is 1110. The number of fused-ring (bicyclic) bond motifs is 1. The van der Waals surface area contributed by atoms with Gasteiger partial charge in [0.2, 0.25) is 0 Å². The summed E-state index contributed by atoms with van der Waals surface area (Å²) < 4.78 is 28.0. The molecule has 2 aromatic carbocycles. The molecule has 3 N–H and O–H groups in total. The van der Waals surface area contributed by atoms with Crippen molar-refractivity contribution in [3.05, 3.63) is 56.5 Å². The molecule has 0 aliphatic heterocycles. The highest BCUT2D eigenvalue weighted by atomic mass is 35.5. The quantitative estimate of drug-likeness (QED) is 0.665. The van der Waals surface area contributed by atoms with E-state index < -0.39 is 10.0 Å². The fourth-order valence-electron chi connectivity index (χ4n) is 2.56. The SMILES string of the molecule is Cc1cc(C)c(S(=O)(=O)Nc2cc3[nH]c(=O)[nH]c3cc2Cl)cc1C. The number of hydrogen-bond acceptors (Lipinski definition) is 3. The predicted octanol–water partition coefficient (Wildman–Crippen LogP) is 3.24. The molecule has 0 atom stereocenters. The third kappa shape index (κ3) is 2.92. The molecule has 3 rings (SSSR count). The Morgan fingerprint density at radius 1 is 0.917 bits per heavy atom. The molecule has 0 spiro atoms. The van der Waals surface area contributed by atoms with E-state index in [-0.39, 0.29) is 21.3 Å². The van der Waals surface area contributed by atoms with E-state index >= 15 is 0 Å². The third-order valence-corrected chi connectivity index (χ3v) is 5.75. The van der Waals surface area contributed by atoms with Gasteiger partial charge in [-0.05, 0) is 55.7 Å². The first-order chi connectivity index (χ1) is 11.2. The molecule has 3 aromatic rings. The van der Waals surface area contributed by atoms with Crippen LogP contribution in [0.2, 0.25) is 5.02 Å². The summed E-state index contributed by atoms with van der Waals surface area (Å²) in [5, 5.41) is 0.197. The number of anilines is 1. The van der Waals surface area contributed by atoms with Crippen LogP contribution in [0.5, 0.6) is 0 Å². The molecule has 1 heterocycles. The molecule has 126 valence electrons. The standard InChI is InChI=1S/C16H16ClN3O3S/c1-8-4-10(3)15(5-9(8)2)24(22,23)20-12-7-14-13(6-11(12)17)18-16(21)19-14/h4-7,20H,1-3H3,(H2,18,19,21). The van der Waals surface area contributed by atoms with Gasteiger partial charge in [0.15, 0.2) is 0 Å². The van der Waals surface area contributed by atoms with Crippen LogP contribution in [-0.4, -0.2) is 18.4 Å². The molecule has 0 aliphatic carbocycles. The highest BCUT2D eigenvalue weighted by Gasteiger charge is 2.20. The van der Waals surface area contributed by atoms with Crippen LogP contribution in [0.1, 0.15) is 16.7 Å². The van der Waals surface area contributed by atoms with Crippen LogP contribution >= 0.6 is 11.6 Å². The van der Waals surface area contributed by atoms with Gasteiger partial charge in [-0.3, -0.25) is 4.72 Å². The highest BCUT2D eigenvalue weighted by molar-refractivity contribution is 7.92. The number of benzene rings is 2. The largest absolute Gasteiger partial charge is 0.323 e. The second-order valence-corrected chi connectivity index (χ2v) is 7.82. The number of aromatic nitrogens is 2. The summed E-state index contributed by atoms with van der Waals surface area (Å²) in [6.07, 6.45) is 0. The van der Waals surface area contributed by atoms with E-state index in [2.05, 4.69) is 14.7 Å². The van der Waals surface area contributed by atoms with Crippen molar-refractivity contribution in [2.45, 2.75) is 25.7 Å². The Morgan fingerprint density at radius 3 is 2.17 bits per heavy atom. The lowest BCUT2D eigenvalue weighted by molar-refractivity contribution is 0.600. The van der Waals surface area contributed by atoms with E-state index in [1.807, 2.05) is 19.9 Å². The van der Waals surface area contributed by atoms with E-state index in [0.717, 1.165) is 11.1 Å². The lowest BCUT2D eigenvalue weighted by Gasteiger charge is -2.13. The number of sulfonamides is 1. The Labute approximate surface area is 143 Å². The first-order valence-corrected chi connectivity index (χ1v) is 9.06. The topological polar surface area (TPSA) is 94.8 Å². The van der Waals surface area contributed by atoms with Crippen molar-refractivity contribution >= 4 is 38.3 Å². The number of rotatable bonds is 3. The average molecular weight is 366 g/mol. The second-order valence-electron chi connectivity index (χ2n) is 5.76. The number of halogens is 1. The molecule has 0 saturated carbocycles. The molecule has 24 heavy (non-hydrogen) atoms. The smallest absolute Gasteiger partial charge is 0.306 e. The maximum Gasteiger partial charge on any atom is 0.323 e. The zero-order chi connectivity index (χ0) is 17.6. The van der Waals surface area contributed by atoms with E-state index in [0.29, 0.717) is 16.6 Å². The molecule has 0 aliphatic rings. The Kier molecular flexibility index (Phi) is 3.93. The Morgan fingerprint density at radius 2 is 1.50 bits per heavy atom. The number of H-pyrrole nitrogens is 2. The summed E-state index contributed by atoms with van der Waals surface area (Å²) in [5.41, 5.74) is 3.36. The maximum atomic E-state index is 12.7. The fraction of sp³-hybridized carbons (Fsp3) is 0.188. The van der Waals surface area contributed by atoms with Gasteiger partial charge in [-0.1, -0.05) is 17.7 Å². The minimum atomic E-state index is -3.80. The van der Waals surface area contributed by atoms with Crippen molar-refractivity contribution in [1.82, 2.24) is 9.97 Å². The van der Waals surface area contributed by atoms with Crippen molar-refractivity contribution in [3.8, 4) is 0 Å². The minimum Gasteiger partial charge on any atom is -0.306 e. The summed E-state index contributed by atoms with van der Waals surface area (Å²) >= 11 is 6.14. The average Bonchev–Trinajstić information content (AvgIpc) is 2.81. The molecule has 8 heteroatoms. The number of nitrogens with one attached hydrogen (secondary N) is 3. The van der Waals surface area contributed by atoms with Crippen LogP contribution in [0, 0.1) is 20.8 Å². The van der Waals surface area contributed by atoms with Crippen LogP contribution in [0.25, 0.3) is 11.0 Å². The minimum absolute atomic E-state index is 0.197. The van der Waals surface area contributed by atoms with Crippen molar-refractivity contribution in [2.75, 3.05) is 4.72 Å². The summed E-state index contributed by atoms with van der Waals surface area (Å²) in [7, 11) is -3.80. The zero-order valence-corrected chi connectivity index (χ0v) is 14.9. The van der Waals surface area contributed by atoms with Gasteiger partial charge in [-0.2, -0.15) is 0 Å². The monoisotopic (exact) mass is 365 g/mol. The first-order valence-electron chi connectivity index (χ1n) is 7.19. The number of hydrogen-bond donors (Lipinski definition) is 3. The molecule has 6 nitrogen and oxygen atoms in total. The van der Waals surface area contributed by atoms with Crippen molar-refractivity contribution in [2.24, 2.45) is 0 Å². The number of aryl methyl sites for hydroxylation is 3. The van der Waals surface area contributed by atoms with Gasteiger partial charge >= 0.3 is 5.69 Å². The van der Waals surface area contributed by atoms with Gasteiger partial charge in [0.05, 0.1) is 26.6 Å². The van der Waals surface area contributed by atoms with Crippen LogP contribution < -0.4 is 10.4 Å². The van der Waals surface area contributed by atoms with Crippen LogP contribution in [0.4, 0.5) is 5.69 Å². The molecule has 0 amide bonds. The molecule has 0 radical (unpaired) electrons. The molecule has 0 bridgehead atoms. The van der Waals surface area contributed by atoms with E-state index in [1.54, 1.807) is 13.0 Å². The Hall–Kier alpha value is -2.25. The van der Waals surface area contributed by atoms with Gasteiger partial charge in [-0.25, -0.2) is 13.2 Å². The maximum absolute atomic E-state index is 12.7. The summed E-state index contributed by atoms with van der Waals surface area (Å²) in [6.45, 7) is 5.53. The van der Waals surface area contributed by atoms with Crippen LogP contribution in [0.15, 0.2) is 34.0 Å². The second kappa shape index (κ2) is 5.68. The van der Waals surface area contributed by atoms with Crippen LogP contribution in [0.3, 0.4) is 0 Å². The van der Waals surface area contributed by atoms with E-state index in [1.165, 1.54) is 12.1 Å². The number of imidazole rings is 1. The van der Waals surface area contributed by atoms with E-state index in [4.69, 9.17) is 11.6 Å². The van der Waals surface area contributed by atoms with Gasteiger partial charge in [0.1, 0.15) is 0 Å². The lowest BCUT2D eigenvalue weighted by Crippen LogP contribution is -2.15. The molecule has 0 unspecified atom stereocenters. The van der Waals surface area contributed by atoms with Crippen molar-refractivity contribution in [3.63, 3.8) is 0 Å². The molecular formula is C16H16ClN3O3S. The molecule has 0 saturated heterocycles. The lowest BCUT2D eigenvalue weighted by atomic mass is 10.1. The normalized spacial score (nSPS) is 11.8. The van der Waals surface area contributed by atoms with Crippen molar-refractivity contribution in [1.29, 1.82) is 0 Å². The summed E-state index contributed by atoms with van der Waals surface area (Å²) in [4.78, 5) is 16.7. The van der Waals surface area contributed by atoms with Crippen molar-refractivity contribution < 1.29 is 8.42 Å². The molecule has 0 fully saturated rings. The number of aromatic amines is 2. The molecular weight excluding hydrogens is 350 g/mol. The van der Waals surface area contributed by atoms with Crippen LogP contribution in [-0.2, 0) is 10.0 Å². The third-order valence-electron chi connectivity index (χ3n) is 3.93. The first kappa shape index (κ1) is 16.6. The summed E-state index contributed by atoms with van der Waals surface area (Å²) in [5.74, 6) is 0. The zero-order valence-electron chi connectivity index (χ0n) is 13.3. The fourth-order valence-corrected chi connectivity index (χ4v) is 4.21. The highest BCUT2D eigenvalue weighted by Crippen LogP contribution is 2.29. The Balaban J connectivity index is 2.08. The van der Waals surface area contributed by atoms with E-state index in [9.17, 15) is 13.2 Å². The van der Waals surface area contributed by atoms with Gasteiger partial charge in [0, 0.05) is 0 Å². The predicted molar refractivity (Wildman–Crippen MR) is 95.4 cm³/mol. The molecule has 1 aromatic heterocycles. The van der Waals surface area contributed by atoms with Gasteiger partial charge < -0.3 is 9.97 Å². The van der Waals surface area contributed by atoms with Gasteiger partial charge in [-0.15, -0.1) is 0 Å².